The van der Waals surface area contributed by atoms with Crippen molar-refractivity contribution in [1.82, 2.24) is 0 Å². The van der Waals surface area contributed by atoms with E-state index in [4.69, 9.17) is 45.5 Å². The van der Waals surface area contributed by atoms with Gasteiger partial charge in [0, 0.05) is 0 Å². The zero-order valence-electron chi connectivity index (χ0n) is 4.91. The van der Waals surface area contributed by atoms with Crippen LogP contribution < -0.4 is 0 Å². The fourth-order valence-corrected chi connectivity index (χ4v) is 1.87. The summed E-state index contributed by atoms with van der Waals surface area (Å²) >= 11 is 16.3. The number of carbonyl (C=O) groups is 1. The number of hydrogen-bond donors (Lipinski definition) is 0. The highest BCUT2D eigenvalue weighted by Crippen LogP contribution is 2.40. The summed E-state index contributed by atoms with van der Waals surface area (Å²) < 4.78 is -1.41. The number of carbonyl (C=O) groups excluding carboxylic acids is 1. The lowest BCUT2D eigenvalue weighted by atomic mass is 10.3. The maximum absolute atomic E-state index is 10.6. The van der Waals surface area contributed by atoms with E-state index in [-0.39, 0.29) is 0 Å². The van der Waals surface area contributed by atoms with Crippen LogP contribution in [0.5, 0.6) is 0 Å². The number of hydrogen-bond acceptors (Lipinski definition) is 2. The van der Waals surface area contributed by atoms with Crippen LogP contribution in [0.4, 0.5) is 0 Å². The van der Waals surface area contributed by atoms with Gasteiger partial charge in [-0.25, -0.2) is 0 Å². The molecule has 0 aliphatic heterocycles. The second kappa shape index (κ2) is 4.27. The molecule has 6 heteroatoms. The van der Waals surface area contributed by atoms with Gasteiger partial charge in [-0.3, -0.25) is 4.79 Å². The standard InChI is InChI=1S/C4H4Cl4OS/c1-2(5)4(7,10-8)3(6)9/h2H,1H3. The summed E-state index contributed by atoms with van der Waals surface area (Å²) in [6.45, 7) is 1.55. The van der Waals surface area contributed by atoms with E-state index in [0.717, 1.165) is 0 Å². The highest BCUT2D eigenvalue weighted by molar-refractivity contribution is 8.23. The molecule has 0 saturated heterocycles. The smallest absolute Gasteiger partial charge is 0.255 e. The molecule has 0 amide bonds. The summed E-state index contributed by atoms with van der Waals surface area (Å²) in [5.41, 5.74) is 0. The predicted molar refractivity (Wildman–Crippen MR) is 48.2 cm³/mol. The quantitative estimate of drug-likeness (QED) is 0.558. The molecule has 0 aromatic rings. The third-order valence-electron chi connectivity index (χ3n) is 0.892. The van der Waals surface area contributed by atoms with E-state index in [1.807, 2.05) is 0 Å². The molecule has 10 heavy (non-hydrogen) atoms. The summed E-state index contributed by atoms with van der Waals surface area (Å²) in [5.74, 6) is 0. The van der Waals surface area contributed by atoms with Gasteiger partial charge < -0.3 is 0 Å². The Morgan fingerprint density at radius 2 is 2.10 bits per heavy atom. The Hall–Kier alpha value is 1.18. The normalized spacial score (nSPS) is 19.7. The van der Waals surface area contributed by atoms with Crippen molar-refractivity contribution in [3.63, 3.8) is 0 Å². The van der Waals surface area contributed by atoms with Crippen molar-refractivity contribution in [2.45, 2.75) is 16.5 Å². The molecule has 0 aromatic carbocycles. The summed E-state index contributed by atoms with van der Waals surface area (Å²) in [7, 11) is 5.91. The van der Waals surface area contributed by atoms with Crippen LogP contribution in [-0.4, -0.2) is 14.8 Å². The topological polar surface area (TPSA) is 17.1 Å². The fourth-order valence-electron chi connectivity index (χ4n) is 0.248. The van der Waals surface area contributed by atoms with E-state index < -0.39 is 14.8 Å². The van der Waals surface area contributed by atoms with Crippen LogP contribution in [-0.2, 0) is 4.79 Å². The first kappa shape index (κ1) is 11.2. The Bertz CT molecular complexity index is 139. The van der Waals surface area contributed by atoms with Crippen LogP contribution in [0, 0.1) is 0 Å². The van der Waals surface area contributed by atoms with Crippen molar-refractivity contribution in [2.75, 3.05) is 0 Å². The van der Waals surface area contributed by atoms with Crippen molar-refractivity contribution >= 4 is 61.7 Å². The molecule has 0 aliphatic rings. The summed E-state index contributed by atoms with van der Waals surface area (Å²) in [6, 6.07) is 0. The van der Waals surface area contributed by atoms with Gasteiger partial charge in [0.05, 0.1) is 5.38 Å². The van der Waals surface area contributed by atoms with Crippen LogP contribution in [0.15, 0.2) is 0 Å². The highest BCUT2D eigenvalue weighted by Gasteiger charge is 2.40. The minimum absolute atomic E-state index is 0.610. The van der Waals surface area contributed by atoms with Crippen LogP contribution in [0.25, 0.3) is 0 Å². The van der Waals surface area contributed by atoms with Gasteiger partial charge in [0.2, 0.25) is 0 Å². The maximum Gasteiger partial charge on any atom is 0.255 e. The molecular formula is C4H4Cl4OS. The fraction of sp³-hybridized carbons (Fsp3) is 0.750. The van der Waals surface area contributed by atoms with Crippen LogP contribution >= 0.6 is 56.5 Å². The summed E-state index contributed by atoms with van der Waals surface area (Å²) in [6.07, 6.45) is 0. The van der Waals surface area contributed by atoms with Gasteiger partial charge in [-0.2, -0.15) is 0 Å². The molecule has 0 bridgehead atoms. The molecule has 0 radical (unpaired) electrons. The predicted octanol–water partition coefficient (Wildman–Crippen LogP) is 3.20. The molecule has 2 unspecified atom stereocenters. The number of alkyl halides is 2. The zero-order chi connectivity index (χ0) is 8.36. The van der Waals surface area contributed by atoms with Crippen molar-refractivity contribution in [3.8, 4) is 0 Å². The molecule has 0 saturated carbocycles. The molecular weight excluding hydrogens is 238 g/mol. The van der Waals surface area contributed by atoms with Crippen LogP contribution in [0.1, 0.15) is 6.92 Å². The lowest BCUT2D eigenvalue weighted by Gasteiger charge is -2.20. The summed E-state index contributed by atoms with van der Waals surface area (Å²) in [4.78, 5) is 10.6. The third-order valence-corrected chi connectivity index (χ3v) is 4.43. The molecule has 0 aliphatic carbocycles. The van der Waals surface area contributed by atoms with Crippen molar-refractivity contribution in [1.29, 1.82) is 0 Å². The Balaban J connectivity index is 4.38. The SMILES string of the molecule is CC(Cl)C(Cl)(SCl)C(=O)Cl. The molecule has 1 nitrogen and oxygen atoms in total. The van der Waals surface area contributed by atoms with Gasteiger partial charge in [0.15, 0.2) is 4.21 Å². The first-order valence-electron chi connectivity index (χ1n) is 2.27. The number of halogens is 4. The van der Waals surface area contributed by atoms with Crippen molar-refractivity contribution < 1.29 is 4.79 Å². The minimum atomic E-state index is -1.41. The number of rotatable bonds is 3. The van der Waals surface area contributed by atoms with Crippen LogP contribution in [0.2, 0.25) is 0 Å². The average molecular weight is 242 g/mol. The van der Waals surface area contributed by atoms with E-state index >= 15 is 0 Å². The van der Waals surface area contributed by atoms with Crippen LogP contribution in [0.3, 0.4) is 0 Å². The lowest BCUT2D eigenvalue weighted by Crippen LogP contribution is -2.32. The Labute approximate surface area is 82.8 Å². The largest absolute Gasteiger partial charge is 0.278 e. The van der Waals surface area contributed by atoms with Crippen molar-refractivity contribution in [2.24, 2.45) is 0 Å². The first-order valence-corrected chi connectivity index (χ1v) is 5.11. The second-order valence-electron chi connectivity index (χ2n) is 1.61. The molecule has 0 fully saturated rings. The van der Waals surface area contributed by atoms with E-state index in [2.05, 4.69) is 0 Å². The van der Waals surface area contributed by atoms with E-state index in [1.165, 1.54) is 0 Å². The van der Waals surface area contributed by atoms with E-state index in [1.54, 1.807) is 6.92 Å². The Morgan fingerprint density at radius 3 is 2.10 bits per heavy atom. The minimum Gasteiger partial charge on any atom is -0.278 e. The average Bonchev–Trinajstić information content (AvgIpc) is 1.85. The summed E-state index contributed by atoms with van der Waals surface area (Å²) in [5, 5.41) is -1.36. The molecule has 0 rings (SSSR count). The third kappa shape index (κ3) is 2.35. The van der Waals surface area contributed by atoms with E-state index in [9.17, 15) is 4.79 Å². The first-order chi connectivity index (χ1) is 4.45. The molecule has 0 heterocycles. The molecule has 0 aromatic heterocycles. The van der Waals surface area contributed by atoms with Gasteiger partial charge in [0.25, 0.3) is 5.24 Å². The van der Waals surface area contributed by atoms with Gasteiger partial charge in [0.1, 0.15) is 0 Å². The molecule has 0 spiro atoms. The molecule has 0 N–H and O–H groups in total. The van der Waals surface area contributed by atoms with Gasteiger partial charge in [-0.1, -0.05) is 11.6 Å². The van der Waals surface area contributed by atoms with E-state index in [0.29, 0.717) is 11.0 Å². The van der Waals surface area contributed by atoms with Gasteiger partial charge in [-0.15, -0.1) is 11.6 Å². The molecule has 60 valence electrons. The highest BCUT2D eigenvalue weighted by atomic mass is 35.7. The maximum atomic E-state index is 10.6. The lowest BCUT2D eigenvalue weighted by molar-refractivity contribution is -0.112. The van der Waals surface area contributed by atoms with Crippen molar-refractivity contribution in [3.05, 3.63) is 0 Å². The Morgan fingerprint density at radius 1 is 1.70 bits per heavy atom. The Kier molecular flexibility index (Phi) is 4.77. The zero-order valence-corrected chi connectivity index (χ0v) is 8.75. The monoisotopic (exact) mass is 240 g/mol. The van der Waals surface area contributed by atoms with Gasteiger partial charge in [-0.05, 0) is 40.2 Å². The van der Waals surface area contributed by atoms with Gasteiger partial charge >= 0.3 is 0 Å². The second-order valence-corrected chi connectivity index (χ2v) is 4.69. The molecule has 2 atom stereocenters.